The van der Waals surface area contributed by atoms with Crippen molar-refractivity contribution in [2.45, 2.75) is 45.6 Å². The number of aromatic nitrogens is 2. The van der Waals surface area contributed by atoms with Gasteiger partial charge in [-0.25, -0.2) is 4.98 Å². The number of hydrogen-bond acceptors (Lipinski definition) is 6. The van der Waals surface area contributed by atoms with Gasteiger partial charge in [0.1, 0.15) is 23.8 Å². The normalized spacial score (nSPS) is 17.3. The Balaban J connectivity index is 1.49. The number of carbonyl (C=O) groups is 1. The van der Waals surface area contributed by atoms with Crippen LogP contribution in [0.4, 0.5) is 5.82 Å². The van der Waals surface area contributed by atoms with E-state index in [0.717, 1.165) is 82.2 Å². The van der Waals surface area contributed by atoms with Crippen LogP contribution in [0.3, 0.4) is 0 Å². The zero-order valence-electron chi connectivity index (χ0n) is 24.0. The Morgan fingerprint density at radius 1 is 1.00 bits per heavy atom. The van der Waals surface area contributed by atoms with Crippen molar-refractivity contribution in [2.24, 2.45) is 0 Å². The van der Waals surface area contributed by atoms with Crippen molar-refractivity contribution in [1.82, 2.24) is 9.38 Å². The van der Waals surface area contributed by atoms with Crippen LogP contribution in [-0.2, 0) is 20.7 Å². The predicted octanol–water partition coefficient (Wildman–Crippen LogP) is 5.70. The number of aliphatic carboxylic acids is 1. The van der Waals surface area contributed by atoms with E-state index in [4.69, 9.17) is 19.2 Å². The van der Waals surface area contributed by atoms with Crippen LogP contribution in [0, 0.1) is 13.8 Å². The molecule has 3 aliphatic heterocycles. The highest BCUT2D eigenvalue weighted by Gasteiger charge is 2.33. The van der Waals surface area contributed by atoms with Crippen molar-refractivity contribution >= 4 is 17.4 Å². The van der Waals surface area contributed by atoms with Crippen molar-refractivity contribution < 1.29 is 24.1 Å². The molecular weight excluding hydrogens is 518 g/mol. The second-order valence-electron chi connectivity index (χ2n) is 11.4. The molecule has 0 amide bonds. The van der Waals surface area contributed by atoms with Gasteiger partial charge in [0.05, 0.1) is 37.5 Å². The lowest BCUT2D eigenvalue weighted by Gasteiger charge is -2.41. The molecule has 0 aliphatic carbocycles. The summed E-state index contributed by atoms with van der Waals surface area (Å²) in [5, 5.41) is 9.79. The Morgan fingerprint density at radius 3 is 2.59 bits per heavy atom. The van der Waals surface area contributed by atoms with E-state index in [0.29, 0.717) is 26.4 Å². The van der Waals surface area contributed by atoms with Crippen molar-refractivity contribution in [1.29, 1.82) is 0 Å². The van der Waals surface area contributed by atoms with Gasteiger partial charge in [0.25, 0.3) is 0 Å². The topological polar surface area (TPSA) is 85.5 Å². The van der Waals surface area contributed by atoms with E-state index in [9.17, 15) is 9.90 Å². The lowest BCUT2D eigenvalue weighted by molar-refractivity contribution is -0.136. The summed E-state index contributed by atoms with van der Waals surface area (Å²) in [5.74, 6) is 0.877. The van der Waals surface area contributed by atoms with E-state index in [1.54, 1.807) is 0 Å². The molecule has 6 bridgehead atoms. The zero-order valence-corrected chi connectivity index (χ0v) is 24.0. The molecule has 0 spiro atoms. The van der Waals surface area contributed by atoms with E-state index in [2.05, 4.69) is 53.5 Å². The number of imidazole rings is 1. The Kier molecular flexibility index (Phi) is 7.45. The Labute approximate surface area is 240 Å². The number of carboxylic acids is 1. The van der Waals surface area contributed by atoms with Crippen molar-refractivity contribution in [3.05, 3.63) is 71.4 Å². The minimum atomic E-state index is -0.843. The summed E-state index contributed by atoms with van der Waals surface area (Å²) in [6.45, 7) is 9.69. The molecule has 5 heterocycles. The Bertz CT molecular complexity index is 1590. The molecule has 214 valence electrons. The van der Waals surface area contributed by atoms with E-state index < -0.39 is 5.97 Å². The highest BCUT2D eigenvalue weighted by Crippen LogP contribution is 2.36. The molecule has 0 saturated carbocycles. The molecule has 0 radical (unpaired) electrons. The van der Waals surface area contributed by atoms with E-state index in [-0.39, 0.29) is 12.0 Å². The van der Waals surface area contributed by atoms with Gasteiger partial charge in [-0.2, -0.15) is 0 Å². The SMILES string of the molecule is Cc1ccc2c(c1)-c1cccc(c1)-c1cn3c(c(CC(=O)O)c(C)cc3n1)N1CCC(C)(CC1)OCCOCCO2. The number of hydrogen-bond donors (Lipinski definition) is 1. The van der Waals surface area contributed by atoms with Crippen LogP contribution in [-0.4, -0.2) is 65.6 Å². The molecule has 1 N–H and O–H groups in total. The highest BCUT2D eigenvalue weighted by molar-refractivity contribution is 5.78. The predicted molar refractivity (Wildman–Crippen MR) is 159 cm³/mol. The van der Waals surface area contributed by atoms with Crippen molar-refractivity contribution in [2.75, 3.05) is 44.4 Å². The summed E-state index contributed by atoms with van der Waals surface area (Å²) in [6.07, 6.45) is 3.66. The summed E-state index contributed by atoms with van der Waals surface area (Å²) in [4.78, 5) is 19.3. The molecule has 1 fully saturated rings. The summed E-state index contributed by atoms with van der Waals surface area (Å²) in [7, 11) is 0. The maximum atomic E-state index is 11.9. The quantitative estimate of drug-likeness (QED) is 0.318. The maximum Gasteiger partial charge on any atom is 0.307 e. The van der Waals surface area contributed by atoms with Crippen LogP contribution >= 0.6 is 0 Å². The first kappa shape index (κ1) is 27.3. The third kappa shape index (κ3) is 5.67. The summed E-state index contributed by atoms with van der Waals surface area (Å²) in [6, 6.07) is 16.6. The van der Waals surface area contributed by atoms with Gasteiger partial charge >= 0.3 is 5.97 Å². The van der Waals surface area contributed by atoms with E-state index >= 15 is 0 Å². The van der Waals surface area contributed by atoms with Gasteiger partial charge < -0.3 is 24.2 Å². The van der Waals surface area contributed by atoms with E-state index in [1.165, 1.54) is 0 Å². The number of ether oxygens (including phenoxy) is 3. The zero-order chi connectivity index (χ0) is 28.6. The molecular formula is C33H37N3O5. The van der Waals surface area contributed by atoms with Crippen LogP contribution in [0.25, 0.3) is 28.0 Å². The maximum absolute atomic E-state index is 11.9. The Morgan fingerprint density at radius 2 is 1.78 bits per heavy atom. The largest absolute Gasteiger partial charge is 0.491 e. The number of benzene rings is 2. The van der Waals surface area contributed by atoms with Gasteiger partial charge in [-0.1, -0.05) is 29.8 Å². The highest BCUT2D eigenvalue weighted by atomic mass is 16.6. The molecule has 0 unspecified atom stereocenters. The van der Waals surface area contributed by atoms with Crippen LogP contribution in [0.5, 0.6) is 5.75 Å². The standard InChI is InChI=1S/C33H37N3O5/c1-22-7-8-29-27(17-22)24-5-4-6-25(19-24)28-21-36-30(34-28)18-23(2)26(20-31(37)38)32(36)35-11-9-33(3,10-12-35)41-16-14-39-13-15-40-29/h4-8,17-19,21H,9-16,20H2,1-3H3,(H,37,38). The van der Waals surface area contributed by atoms with Crippen LogP contribution < -0.4 is 9.64 Å². The number of nitrogens with zero attached hydrogens (tertiary/aromatic N) is 3. The first-order chi connectivity index (χ1) is 19.8. The fourth-order valence-electron chi connectivity index (χ4n) is 5.96. The number of fused-ring (bicyclic) bond motifs is 8. The molecule has 1 saturated heterocycles. The van der Waals surface area contributed by atoms with Gasteiger partial charge in [0.15, 0.2) is 0 Å². The second-order valence-corrected chi connectivity index (χ2v) is 11.4. The molecule has 0 atom stereocenters. The fraction of sp³-hybridized carbons (Fsp3) is 0.394. The van der Waals surface area contributed by atoms with Gasteiger partial charge in [-0.15, -0.1) is 0 Å². The number of pyridine rings is 1. The van der Waals surface area contributed by atoms with Crippen molar-refractivity contribution in [3.63, 3.8) is 0 Å². The number of carboxylic acid groups (broad SMARTS) is 1. The number of piperidine rings is 1. The molecule has 2 aromatic heterocycles. The third-order valence-corrected chi connectivity index (χ3v) is 8.27. The Hall–Kier alpha value is -3.88. The van der Waals surface area contributed by atoms with Crippen LogP contribution in [0.15, 0.2) is 54.7 Å². The average molecular weight is 556 g/mol. The molecule has 7 rings (SSSR count). The molecule has 4 aromatic rings. The molecule has 3 aliphatic rings. The van der Waals surface area contributed by atoms with Crippen molar-refractivity contribution in [3.8, 4) is 28.1 Å². The number of rotatable bonds is 2. The fourth-order valence-corrected chi connectivity index (χ4v) is 5.96. The summed E-state index contributed by atoms with van der Waals surface area (Å²) < 4.78 is 20.4. The lowest BCUT2D eigenvalue weighted by atomic mass is 9.92. The number of anilines is 1. The first-order valence-corrected chi connectivity index (χ1v) is 14.3. The minimum absolute atomic E-state index is 0.0438. The molecule has 2 aromatic carbocycles. The summed E-state index contributed by atoms with van der Waals surface area (Å²) >= 11 is 0. The van der Waals surface area contributed by atoms with Gasteiger partial charge in [-0.05, 0) is 69.0 Å². The minimum Gasteiger partial charge on any atom is -0.491 e. The van der Waals surface area contributed by atoms with Crippen LogP contribution in [0.2, 0.25) is 0 Å². The average Bonchev–Trinajstić information content (AvgIpc) is 3.37. The number of aryl methyl sites for hydroxylation is 2. The lowest BCUT2D eigenvalue weighted by Crippen LogP contribution is -2.45. The molecule has 8 nitrogen and oxygen atoms in total. The first-order valence-electron chi connectivity index (χ1n) is 14.3. The molecule has 8 heteroatoms. The third-order valence-electron chi connectivity index (χ3n) is 8.27. The summed E-state index contributed by atoms with van der Waals surface area (Å²) in [5.41, 5.74) is 7.33. The van der Waals surface area contributed by atoms with Crippen LogP contribution in [0.1, 0.15) is 36.5 Å². The van der Waals surface area contributed by atoms with Gasteiger partial charge in [0.2, 0.25) is 0 Å². The van der Waals surface area contributed by atoms with Gasteiger partial charge in [0, 0.05) is 36.0 Å². The smallest absolute Gasteiger partial charge is 0.307 e. The monoisotopic (exact) mass is 555 g/mol. The van der Waals surface area contributed by atoms with E-state index in [1.807, 2.05) is 31.3 Å². The van der Waals surface area contributed by atoms with Gasteiger partial charge in [-0.3, -0.25) is 9.20 Å². The second kappa shape index (κ2) is 11.2. The molecule has 41 heavy (non-hydrogen) atoms.